The van der Waals surface area contributed by atoms with Crippen LogP contribution in [0.25, 0.3) is 11.3 Å². The van der Waals surface area contributed by atoms with E-state index < -0.39 is 139 Å². The van der Waals surface area contributed by atoms with Crippen LogP contribution in [0.5, 0.6) is 0 Å². The number of ether oxygens (including phenoxy) is 3. The van der Waals surface area contributed by atoms with Crippen molar-refractivity contribution in [3.05, 3.63) is 140 Å². The summed E-state index contributed by atoms with van der Waals surface area (Å²) in [5.74, 6) is -9.62. The van der Waals surface area contributed by atoms with Crippen LogP contribution < -0.4 is 26.6 Å². The van der Waals surface area contributed by atoms with Gasteiger partial charge in [0.25, 0.3) is 17.8 Å². The van der Waals surface area contributed by atoms with Crippen molar-refractivity contribution in [3.8, 4) is 11.3 Å². The Morgan fingerprint density at radius 2 is 1.36 bits per heavy atom. The molecule has 10 N–H and O–H groups in total. The molecule has 1 unspecified atom stereocenters. The molecule has 2 saturated heterocycles. The maximum absolute atomic E-state index is 13.2. The maximum Gasteiger partial charge on any atom is 0.552 e. The van der Waals surface area contributed by atoms with E-state index in [9.17, 15) is 73.0 Å². The van der Waals surface area contributed by atoms with Gasteiger partial charge in [0.05, 0.1) is 72.7 Å². The largest absolute Gasteiger partial charge is 0.552 e. The number of aryl methyl sites for hydroxylation is 1. The number of aliphatic hydroxyl groups excluding tert-OH is 1. The van der Waals surface area contributed by atoms with Crippen molar-refractivity contribution in [1.29, 1.82) is 0 Å². The van der Waals surface area contributed by atoms with E-state index in [1.807, 2.05) is 88.4 Å². The molecule has 2 aromatic heterocycles. The Balaban J connectivity index is 0.000000274. The quantitative estimate of drug-likeness (QED) is 0.0140. The Morgan fingerprint density at radius 1 is 0.752 bits per heavy atom. The number of aliphatic hydroxyl groups is 1. The second-order valence-electron chi connectivity index (χ2n) is 25.2. The first-order valence-electron chi connectivity index (χ1n) is 32.2. The molecular formula is C68H85B2Cl2N7O21S. The average molecular weight is 1460 g/mol. The van der Waals surface area contributed by atoms with E-state index in [2.05, 4.69) is 36.6 Å². The number of carboxylic acid groups (broad SMARTS) is 2. The molecule has 7 rings (SSSR count). The maximum atomic E-state index is 13.2. The molecule has 9 atom stereocenters. The number of carbonyl (C=O) groups is 11. The van der Waals surface area contributed by atoms with Gasteiger partial charge in [0.2, 0.25) is 17.7 Å². The molecule has 28 nitrogen and oxygen atoms in total. The number of halogens is 2. The first kappa shape index (κ1) is 83.3. The van der Waals surface area contributed by atoms with Crippen molar-refractivity contribution >= 4 is 114 Å². The summed E-state index contributed by atoms with van der Waals surface area (Å²) in [5.41, 5.74) is -0.659. The van der Waals surface area contributed by atoms with Crippen LogP contribution in [0.4, 0.5) is 0 Å². The van der Waals surface area contributed by atoms with E-state index in [1.54, 1.807) is 26.0 Å². The molecule has 2 aliphatic rings. The summed E-state index contributed by atoms with van der Waals surface area (Å²) < 4.78 is 26.2. The first-order chi connectivity index (χ1) is 47.7. The van der Waals surface area contributed by atoms with Crippen molar-refractivity contribution < 1.29 is 102 Å². The lowest BCUT2D eigenvalue weighted by molar-refractivity contribution is -0.175. The summed E-state index contributed by atoms with van der Waals surface area (Å²) in [6.07, 6.45) is -1.16. The van der Waals surface area contributed by atoms with Gasteiger partial charge in [0, 0.05) is 55.4 Å². The molecule has 0 aliphatic carbocycles. The number of hydrogen-bond acceptors (Lipinski definition) is 22. The van der Waals surface area contributed by atoms with E-state index in [0.717, 1.165) is 11.1 Å². The molecule has 2 aliphatic heterocycles. The number of carboxylic acids is 2. The highest BCUT2D eigenvalue weighted by atomic mass is 35.5. The van der Waals surface area contributed by atoms with Crippen LogP contribution in [0.1, 0.15) is 128 Å². The summed E-state index contributed by atoms with van der Waals surface area (Å²) >= 11 is 13.1. The van der Waals surface area contributed by atoms with Crippen LogP contribution in [-0.2, 0) is 68.3 Å². The number of methoxy groups -OCH3 is 2. The van der Waals surface area contributed by atoms with Crippen LogP contribution in [0.2, 0.25) is 15.9 Å². The van der Waals surface area contributed by atoms with Crippen molar-refractivity contribution in [2.24, 2.45) is 11.8 Å². The number of pyridine rings is 1. The van der Waals surface area contributed by atoms with Gasteiger partial charge in [-0.1, -0.05) is 118 Å². The number of epoxide rings is 1. The summed E-state index contributed by atoms with van der Waals surface area (Å²) in [6.45, 7) is 12.3. The standard InChI is InChI=1S/C25H32N4O7S.C22H29BN2O5.C21H24BCl2NO9/c1-15-26-11-20(37-15)24(33)29-19(13-35-4)23(32)28-18(12-34-3)22(31)27-17(21(30)25(2)14-36-25)10-16-8-6-5-7-9-16;1-14(2)12-17(23(29)30)13-20(27)21(15(3)26)25-22(28)19-11-7-10-18(24-19)16-8-5-4-6-9-16;1-11(2)7-16(22-33-19(30)10-21(34-22,20(31)32)9-18(28)29)25-17(27)6-5-15(26)13-8-12(23)3-4-14(13)24/h5-9,11,17-19H,10,12-14H2,1-4H3,(H,27,31)(H,28,32)(H,29,33);4-11,14-15,17,21,26,29-30H,12-13H2,1-3H3,(H,25,28);3-4,8,11,16H,5-7,9-10H2,1-2H3,(H,25,27)(H,28,29)(H,31,32)/t17-,18-,19-,25+;15-,17-,21+;16-,21?/m010/s1. The minimum absolute atomic E-state index is 0.0415. The SMILES string of the molecule is CC(C)C[C@H](CC(=O)[C@@H](NC(=O)c1cccc(-c2ccccc2)n1)[C@@H](C)O)B(O)O.CC(C)C[C@H](NC(=O)CCC(=O)c1cc(Cl)ccc1Cl)B1OC(=O)CC(CC(=O)O)(C(=O)O)O1.COC[C@H](NC(=O)c1cnc(C)s1)C(=O)N[C@@H](COC)C(=O)N[C@@H](Cc1ccccc1)C(=O)[C@@]1(C)CO1. The van der Waals surface area contributed by atoms with Gasteiger partial charge in [-0.05, 0) is 87.8 Å². The summed E-state index contributed by atoms with van der Waals surface area (Å²) in [7, 11) is -0.395. The third-order valence-corrected chi connectivity index (χ3v) is 17.1. The number of ketones is 3. The van der Waals surface area contributed by atoms with Gasteiger partial charge in [-0.25, -0.2) is 14.8 Å². The fourth-order valence-electron chi connectivity index (χ4n) is 10.4. The van der Waals surface area contributed by atoms with Crippen LogP contribution in [0, 0.1) is 18.8 Å². The molecule has 5 amide bonds. The molecule has 4 heterocycles. The Hall–Kier alpha value is -8.36. The molecule has 3 aromatic carbocycles. The zero-order valence-corrected chi connectivity index (χ0v) is 59.6. The van der Waals surface area contributed by atoms with Crippen molar-refractivity contribution in [2.45, 2.75) is 153 Å². The highest BCUT2D eigenvalue weighted by molar-refractivity contribution is 7.13. The Labute approximate surface area is 599 Å². The molecule has 0 bridgehead atoms. The number of aromatic nitrogens is 2. The third-order valence-electron chi connectivity index (χ3n) is 15.7. The van der Waals surface area contributed by atoms with Crippen LogP contribution in [0.3, 0.4) is 0 Å². The molecule has 0 radical (unpaired) electrons. The first-order valence-corrected chi connectivity index (χ1v) is 33.8. The van der Waals surface area contributed by atoms with Gasteiger partial charge >= 0.3 is 26.2 Å². The number of Topliss-reactive ketones (excluding diaryl/α,β-unsaturated/α-hetero) is 3. The molecule has 33 heteroatoms. The second kappa shape index (κ2) is 39.7. The van der Waals surface area contributed by atoms with Crippen molar-refractivity contribution in [1.82, 2.24) is 36.6 Å². The number of rotatable bonds is 35. The highest BCUT2D eigenvalue weighted by Crippen LogP contribution is 2.32. The number of nitrogens with one attached hydrogen (secondary N) is 5. The van der Waals surface area contributed by atoms with Crippen LogP contribution in [0.15, 0.2) is 103 Å². The minimum Gasteiger partial charge on any atom is -0.508 e. The molecular weight excluding hydrogens is 1380 g/mol. The Bertz CT molecular complexity index is 3680. The molecule has 0 saturated carbocycles. The zero-order chi connectivity index (χ0) is 74.9. The zero-order valence-electron chi connectivity index (χ0n) is 57.3. The Morgan fingerprint density at radius 3 is 1.90 bits per heavy atom. The fraction of sp³-hybridized carbons (Fsp3) is 0.456. The number of amides is 5. The smallest absolute Gasteiger partial charge is 0.508 e. The number of nitrogens with zero attached hydrogens (tertiary/aromatic N) is 2. The lowest BCUT2D eigenvalue weighted by atomic mass is 9.66. The predicted octanol–water partition coefficient (Wildman–Crippen LogP) is 5.27. The van der Waals surface area contributed by atoms with Crippen molar-refractivity contribution in [3.63, 3.8) is 0 Å². The molecule has 544 valence electrons. The van der Waals surface area contributed by atoms with Gasteiger partial charge in [0.1, 0.15) is 34.3 Å². The monoisotopic (exact) mass is 1460 g/mol. The van der Waals surface area contributed by atoms with E-state index in [0.29, 0.717) is 27.0 Å². The van der Waals surface area contributed by atoms with Gasteiger partial charge in [-0.2, -0.15) is 0 Å². The number of hydrogen-bond donors (Lipinski definition) is 10. The van der Waals surface area contributed by atoms with E-state index >= 15 is 0 Å². The van der Waals surface area contributed by atoms with Gasteiger partial charge in [0.15, 0.2) is 23.0 Å². The topological polar surface area (TPSA) is 424 Å². The van der Waals surface area contributed by atoms with E-state index in [-0.39, 0.29) is 85.8 Å². The third kappa shape index (κ3) is 26.5. The number of thiazole rings is 1. The second-order valence-corrected chi connectivity index (χ2v) is 27.3. The molecule has 101 heavy (non-hydrogen) atoms. The molecule has 0 spiro atoms. The van der Waals surface area contributed by atoms with Gasteiger partial charge in [-0.15, -0.1) is 11.3 Å². The lowest BCUT2D eigenvalue weighted by Gasteiger charge is -2.37. The fourth-order valence-corrected chi connectivity index (χ4v) is 11.5. The highest BCUT2D eigenvalue weighted by Gasteiger charge is 2.55. The normalized spacial score (nSPS) is 17.4. The van der Waals surface area contributed by atoms with Gasteiger partial charge in [-0.3, -0.25) is 47.9 Å². The molecule has 2 fully saturated rings. The van der Waals surface area contributed by atoms with Crippen LogP contribution in [-0.4, -0.2) is 196 Å². The number of carbonyl (C=O) groups excluding carboxylic acids is 9. The van der Waals surface area contributed by atoms with E-state index in [4.69, 9.17) is 51.8 Å². The average Bonchev–Trinajstić information content (AvgIpc) is 1.71. The van der Waals surface area contributed by atoms with Gasteiger partial charge < -0.3 is 75.5 Å². The summed E-state index contributed by atoms with van der Waals surface area (Å²) in [4.78, 5) is 146. The minimum atomic E-state index is -2.33. The Kier molecular flexibility index (Phi) is 32.8. The van der Waals surface area contributed by atoms with E-state index in [1.165, 1.54) is 62.9 Å². The van der Waals surface area contributed by atoms with Crippen molar-refractivity contribution in [2.75, 3.05) is 34.0 Å². The summed E-state index contributed by atoms with van der Waals surface area (Å²) in [5, 5.41) is 62.2. The summed E-state index contributed by atoms with van der Waals surface area (Å²) in [6, 6.07) is 23.8. The van der Waals surface area contributed by atoms with Crippen LogP contribution >= 0.6 is 34.5 Å². The molecule has 5 aromatic rings. The number of benzene rings is 3. The predicted molar refractivity (Wildman–Crippen MR) is 372 cm³/mol. The lowest BCUT2D eigenvalue weighted by Crippen LogP contribution is -2.61. The number of aliphatic carboxylic acids is 2.